The number of rotatable bonds is 5. The Morgan fingerprint density at radius 3 is 2.00 bits per heavy atom. The van der Waals surface area contributed by atoms with Crippen molar-refractivity contribution < 1.29 is 9.59 Å². The molecule has 0 saturated heterocycles. The molecule has 0 aliphatic carbocycles. The summed E-state index contributed by atoms with van der Waals surface area (Å²) in [6.45, 7) is 8.09. The standard InChI is InChI=1S/C22H25N3O2/c1-14(2)25(15(3)4)22(27)19-9-7-16-10-18(8-6-17(16)11-19)21(26)20-12-24(5)13-23-20/h6-15H,1-5H3. The fourth-order valence-electron chi connectivity index (χ4n) is 3.41. The van der Waals surface area contributed by atoms with Crippen LogP contribution in [0.2, 0.25) is 0 Å². The van der Waals surface area contributed by atoms with E-state index >= 15 is 0 Å². The zero-order chi connectivity index (χ0) is 19.7. The van der Waals surface area contributed by atoms with E-state index < -0.39 is 0 Å². The molecule has 2 aromatic carbocycles. The van der Waals surface area contributed by atoms with Crippen LogP contribution in [0, 0.1) is 0 Å². The molecule has 0 fully saturated rings. The van der Waals surface area contributed by atoms with Gasteiger partial charge in [0.15, 0.2) is 0 Å². The van der Waals surface area contributed by atoms with Gasteiger partial charge in [-0.05, 0) is 56.7 Å². The first-order valence-corrected chi connectivity index (χ1v) is 9.17. The van der Waals surface area contributed by atoms with E-state index in [0.717, 1.165) is 10.8 Å². The summed E-state index contributed by atoms with van der Waals surface area (Å²) in [5.74, 6) is -0.0843. The molecule has 1 aromatic heterocycles. The number of hydrogen-bond acceptors (Lipinski definition) is 3. The Labute approximate surface area is 159 Å². The minimum Gasteiger partial charge on any atom is -0.340 e. The number of amides is 1. The molecule has 0 radical (unpaired) electrons. The van der Waals surface area contributed by atoms with Crippen LogP contribution in [-0.4, -0.2) is 38.2 Å². The molecule has 5 heteroatoms. The second-order valence-electron chi connectivity index (χ2n) is 7.43. The zero-order valence-electron chi connectivity index (χ0n) is 16.4. The number of carbonyl (C=O) groups excluding carboxylic acids is 2. The van der Waals surface area contributed by atoms with Gasteiger partial charge in [0.05, 0.1) is 6.33 Å². The van der Waals surface area contributed by atoms with Gasteiger partial charge in [-0.3, -0.25) is 9.59 Å². The van der Waals surface area contributed by atoms with Gasteiger partial charge in [0.1, 0.15) is 5.69 Å². The second-order valence-corrected chi connectivity index (χ2v) is 7.43. The molecular formula is C22H25N3O2. The van der Waals surface area contributed by atoms with Crippen molar-refractivity contribution >= 4 is 22.5 Å². The van der Waals surface area contributed by atoms with E-state index in [9.17, 15) is 9.59 Å². The molecule has 0 spiro atoms. The van der Waals surface area contributed by atoms with Crippen molar-refractivity contribution in [1.29, 1.82) is 0 Å². The van der Waals surface area contributed by atoms with E-state index in [2.05, 4.69) is 4.98 Å². The highest BCUT2D eigenvalue weighted by atomic mass is 16.2. The number of carbonyl (C=O) groups is 2. The summed E-state index contributed by atoms with van der Waals surface area (Å²) in [6, 6.07) is 11.4. The molecular weight excluding hydrogens is 338 g/mol. The molecule has 0 unspecified atom stereocenters. The van der Waals surface area contributed by atoms with Gasteiger partial charge >= 0.3 is 0 Å². The van der Waals surface area contributed by atoms with Crippen LogP contribution in [0.25, 0.3) is 10.8 Å². The third-order valence-corrected chi connectivity index (χ3v) is 4.63. The van der Waals surface area contributed by atoms with E-state index in [4.69, 9.17) is 0 Å². The highest BCUT2D eigenvalue weighted by Gasteiger charge is 2.21. The van der Waals surface area contributed by atoms with E-state index in [1.54, 1.807) is 23.2 Å². The van der Waals surface area contributed by atoms with Crippen molar-refractivity contribution in [2.75, 3.05) is 0 Å². The van der Waals surface area contributed by atoms with Crippen LogP contribution < -0.4 is 0 Å². The Morgan fingerprint density at radius 1 is 0.926 bits per heavy atom. The third kappa shape index (κ3) is 3.77. The molecule has 1 heterocycles. The Balaban J connectivity index is 1.93. The van der Waals surface area contributed by atoms with E-state index in [-0.39, 0.29) is 23.8 Å². The summed E-state index contributed by atoms with van der Waals surface area (Å²) in [5.41, 5.74) is 1.67. The highest BCUT2D eigenvalue weighted by Crippen LogP contribution is 2.21. The largest absolute Gasteiger partial charge is 0.340 e. The van der Waals surface area contributed by atoms with Crippen molar-refractivity contribution in [2.24, 2.45) is 7.05 Å². The number of imidazole rings is 1. The van der Waals surface area contributed by atoms with Crippen molar-refractivity contribution in [3.63, 3.8) is 0 Å². The minimum atomic E-state index is -0.108. The van der Waals surface area contributed by atoms with Gasteiger partial charge in [-0.25, -0.2) is 4.98 Å². The van der Waals surface area contributed by atoms with Gasteiger partial charge in [0, 0.05) is 36.5 Å². The molecule has 0 atom stereocenters. The summed E-state index contributed by atoms with van der Waals surface area (Å²) in [5, 5.41) is 1.86. The number of nitrogens with zero attached hydrogens (tertiary/aromatic N) is 3. The summed E-state index contributed by atoms with van der Waals surface area (Å²) in [6.07, 6.45) is 3.32. The smallest absolute Gasteiger partial charge is 0.254 e. The maximum absolute atomic E-state index is 12.9. The molecule has 140 valence electrons. The lowest BCUT2D eigenvalue weighted by atomic mass is 10.0. The first-order chi connectivity index (χ1) is 12.8. The molecule has 0 bridgehead atoms. The molecule has 0 N–H and O–H groups in total. The van der Waals surface area contributed by atoms with Crippen molar-refractivity contribution in [1.82, 2.24) is 14.5 Å². The summed E-state index contributed by atoms with van der Waals surface area (Å²) >= 11 is 0. The lowest BCUT2D eigenvalue weighted by Gasteiger charge is -2.31. The quantitative estimate of drug-likeness (QED) is 0.642. The topological polar surface area (TPSA) is 55.2 Å². The number of aryl methyl sites for hydroxylation is 1. The van der Waals surface area contributed by atoms with E-state index in [1.165, 1.54) is 0 Å². The molecule has 1 amide bonds. The van der Waals surface area contributed by atoms with Gasteiger partial charge in [-0.15, -0.1) is 0 Å². The lowest BCUT2D eigenvalue weighted by Crippen LogP contribution is -2.42. The van der Waals surface area contributed by atoms with E-state index in [0.29, 0.717) is 16.8 Å². The van der Waals surface area contributed by atoms with Crippen molar-refractivity contribution in [2.45, 2.75) is 39.8 Å². The first kappa shape index (κ1) is 18.8. The Kier molecular flexibility index (Phi) is 5.13. The lowest BCUT2D eigenvalue weighted by molar-refractivity contribution is 0.0643. The predicted molar refractivity (Wildman–Crippen MR) is 107 cm³/mol. The zero-order valence-corrected chi connectivity index (χ0v) is 16.4. The van der Waals surface area contributed by atoms with Crippen LogP contribution in [0.1, 0.15) is 54.1 Å². The fraction of sp³-hybridized carbons (Fsp3) is 0.318. The van der Waals surface area contributed by atoms with Gasteiger partial charge in [-0.2, -0.15) is 0 Å². The molecule has 0 aliphatic rings. The maximum atomic E-state index is 12.9. The van der Waals surface area contributed by atoms with Gasteiger partial charge in [-0.1, -0.05) is 18.2 Å². The van der Waals surface area contributed by atoms with Crippen molar-refractivity contribution in [3.05, 3.63) is 65.7 Å². The number of ketones is 1. The van der Waals surface area contributed by atoms with Crippen LogP contribution in [0.5, 0.6) is 0 Å². The van der Waals surface area contributed by atoms with Crippen LogP contribution in [0.3, 0.4) is 0 Å². The minimum absolute atomic E-state index is 0.0236. The van der Waals surface area contributed by atoms with Crippen LogP contribution >= 0.6 is 0 Å². The molecule has 3 aromatic rings. The van der Waals surface area contributed by atoms with Crippen LogP contribution in [0.4, 0.5) is 0 Å². The molecule has 3 rings (SSSR count). The van der Waals surface area contributed by atoms with Gasteiger partial charge in [0.2, 0.25) is 5.78 Å². The van der Waals surface area contributed by atoms with Crippen LogP contribution in [-0.2, 0) is 7.05 Å². The first-order valence-electron chi connectivity index (χ1n) is 9.17. The van der Waals surface area contributed by atoms with E-state index in [1.807, 2.05) is 70.0 Å². The number of hydrogen-bond donors (Lipinski definition) is 0. The summed E-state index contributed by atoms with van der Waals surface area (Å²) in [4.78, 5) is 31.5. The summed E-state index contributed by atoms with van der Waals surface area (Å²) < 4.78 is 1.75. The SMILES string of the molecule is CC(C)N(C(=O)c1ccc2cc(C(=O)c3cn(C)cn3)ccc2c1)C(C)C. The maximum Gasteiger partial charge on any atom is 0.254 e. The van der Waals surface area contributed by atoms with Gasteiger partial charge < -0.3 is 9.47 Å². The molecule has 5 nitrogen and oxygen atoms in total. The molecule has 27 heavy (non-hydrogen) atoms. The fourth-order valence-corrected chi connectivity index (χ4v) is 3.41. The Bertz CT molecular complexity index is 994. The monoisotopic (exact) mass is 363 g/mol. The Hall–Kier alpha value is -2.95. The van der Waals surface area contributed by atoms with Crippen molar-refractivity contribution in [3.8, 4) is 0 Å². The Morgan fingerprint density at radius 2 is 1.48 bits per heavy atom. The predicted octanol–water partition coefficient (Wildman–Crippen LogP) is 4.06. The average Bonchev–Trinajstić information content (AvgIpc) is 3.06. The third-order valence-electron chi connectivity index (χ3n) is 4.63. The molecule has 0 saturated carbocycles. The average molecular weight is 363 g/mol. The normalized spacial score (nSPS) is 11.4. The second kappa shape index (κ2) is 7.35. The molecule has 0 aliphatic heterocycles. The highest BCUT2D eigenvalue weighted by molar-refractivity contribution is 6.09. The summed E-state index contributed by atoms with van der Waals surface area (Å²) in [7, 11) is 1.83. The van der Waals surface area contributed by atoms with Gasteiger partial charge in [0.25, 0.3) is 5.91 Å². The number of fused-ring (bicyclic) bond motifs is 1. The number of aromatic nitrogens is 2. The van der Waals surface area contributed by atoms with Crippen LogP contribution in [0.15, 0.2) is 48.9 Å². The number of benzene rings is 2.